The molecule has 1 aromatic heterocycles. The second kappa shape index (κ2) is 9.33. The standard InChI is InChI=1S/C26H34FN5O3/c1-16(2)23-29-30-24(35-23)21-13-26(15-32(21)14-22(33)28-19-6-7-19)8-10-31(11-9-26)25(34)18-5-4-17(3)20(27)12-18/h4-5,12,16,19,21H,6-11,13-15H2,1-3H3,(H,28,33). The van der Waals surface area contributed by atoms with Crippen LogP contribution in [0.4, 0.5) is 4.39 Å². The minimum atomic E-state index is -0.358. The molecule has 1 unspecified atom stereocenters. The molecule has 1 saturated carbocycles. The number of benzene rings is 1. The number of amides is 2. The fourth-order valence-electron chi connectivity index (χ4n) is 5.31. The number of hydrogen-bond donors (Lipinski definition) is 1. The molecule has 35 heavy (non-hydrogen) atoms. The maximum absolute atomic E-state index is 14.0. The second-order valence-corrected chi connectivity index (χ2v) is 10.9. The van der Waals surface area contributed by atoms with Crippen molar-refractivity contribution in [3.63, 3.8) is 0 Å². The molecule has 188 valence electrons. The maximum atomic E-state index is 14.0. The Balaban J connectivity index is 1.29. The third-order valence-electron chi connectivity index (χ3n) is 7.66. The molecule has 1 N–H and O–H groups in total. The molecule has 3 heterocycles. The largest absolute Gasteiger partial charge is 0.423 e. The van der Waals surface area contributed by atoms with Gasteiger partial charge >= 0.3 is 0 Å². The van der Waals surface area contributed by atoms with Crippen LogP contribution in [-0.2, 0) is 4.79 Å². The van der Waals surface area contributed by atoms with Gasteiger partial charge in [0.05, 0.1) is 12.6 Å². The van der Waals surface area contributed by atoms with Gasteiger partial charge in [-0.2, -0.15) is 0 Å². The zero-order valence-electron chi connectivity index (χ0n) is 20.7. The van der Waals surface area contributed by atoms with Crippen LogP contribution in [-0.4, -0.2) is 64.0 Å². The lowest BCUT2D eigenvalue weighted by Crippen LogP contribution is -2.45. The molecule has 1 spiro atoms. The highest BCUT2D eigenvalue weighted by Crippen LogP contribution is 2.49. The molecule has 3 aliphatic rings. The Hall–Kier alpha value is -2.81. The van der Waals surface area contributed by atoms with Crippen LogP contribution in [0.2, 0.25) is 0 Å². The molecule has 2 aliphatic heterocycles. The van der Waals surface area contributed by atoms with Crippen molar-refractivity contribution in [3.8, 4) is 0 Å². The first-order chi connectivity index (χ1) is 16.7. The fraction of sp³-hybridized carbons (Fsp3) is 0.615. The first-order valence-corrected chi connectivity index (χ1v) is 12.7. The van der Waals surface area contributed by atoms with E-state index in [1.165, 1.54) is 6.07 Å². The van der Waals surface area contributed by atoms with Gasteiger partial charge in [-0.3, -0.25) is 14.5 Å². The first-order valence-electron chi connectivity index (χ1n) is 12.7. The highest BCUT2D eigenvalue weighted by atomic mass is 19.1. The molecular weight excluding hydrogens is 449 g/mol. The third-order valence-corrected chi connectivity index (χ3v) is 7.66. The summed E-state index contributed by atoms with van der Waals surface area (Å²) in [6.45, 7) is 7.97. The highest BCUT2D eigenvalue weighted by molar-refractivity contribution is 5.94. The minimum Gasteiger partial charge on any atom is -0.423 e. The summed E-state index contributed by atoms with van der Waals surface area (Å²) in [5.41, 5.74) is 0.883. The Morgan fingerprint density at radius 3 is 2.60 bits per heavy atom. The van der Waals surface area contributed by atoms with E-state index in [-0.39, 0.29) is 35.0 Å². The number of halogens is 1. The van der Waals surface area contributed by atoms with Crippen LogP contribution in [0.5, 0.6) is 0 Å². The van der Waals surface area contributed by atoms with E-state index in [2.05, 4.69) is 20.4 Å². The molecule has 2 saturated heterocycles. The van der Waals surface area contributed by atoms with E-state index in [0.29, 0.717) is 48.6 Å². The summed E-state index contributed by atoms with van der Waals surface area (Å²) in [6, 6.07) is 4.87. The van der Waals surface area contributed by atoms with Gasteiger partial charge in [0.25, 0.3) is 5.91 Å². The van der Waals surface area contributed by atoms with Gasteiger partial charge in [-0.25, -0.2) is 4.39 Å². The van der Waals surface area contributed by atoms with Crippen molar-refractivity contribution in [2.45, 2.75) is 70.9 Å². The smallest absolute Gasteiger partial charge is 0.253 e. The van der Waals surface area contributed by atoms with Crippen molar-refractivity contribution in [3.05, 3.63) is 46.9 Å². The molecule has 1 atom stereocenters. The second-order valence-electron chi connectivity index (χ2n) is 10.9. The molecule has 1 aromatic carbocycles. The van der Waals surface area contributed by atoms with Crippen LogP contribution in [0.25, 0.3) is 0 Å². The summed E-state index contributed by atoms with van der Waals surface area (Å²) in [5, 5.41) is 11.6. The van der Waals surface area contributed by atoms with Crippen LogP contribution in [0.3, 0.4) is 0 Å². The quantitative estimate of drug-likeness (QED) is 0.675. The number of rotatable bonds is 6. The lowest BCUT2D eigenvalue weighted by Gasteiger charge is -2.39. The number of carbonyl (C=O) groups is 2. The zero-order chi connectivity index (χ0) is 24.7. The van der Waals surface area contributed by atoms with Gasteiger partial charge in [-0.15, -0.1) is 10.2 Å². The minimum absolute atomic E-state index is 0.0344. The summed E-state index contributed by atoms with van der Waals surface area (Å²) in [7, 11) is 0. The summed E-state index contributed by atoms with van der Waals surface area (Å²) < 4.78 is 20.0. The Bertz CT molecular complexity index is 1100. The number of nitrogens with one attached hydrogen (secondary N) is 1. The molecule has 9 heteroatoms. The van der Waals surface area contributed by atoms with Crippen LogP contribution >= 0.6 is 0 Å². The van der Waals surface area contributed by atoms with Gasteiger partial charge in [0.1, 0.15) is 5.82 Å². The average Bonchev–Trinajstić information content (AvgIpc) is 3.37. The van der Waals surface area contributed by atoms with Gasteiger partial charge in [0, 0.05) is 37.2 Å². The molecule has 0 bridgehead atoms. The molecule has 0 radical (unpaired) electrons. The number of carbonyl (C=O) groups excluding carboxylic acids is 2. The van der Waals surface area contributed by atoms with Gasteiger partial charge in [0.2, 0.25) is 17.7 Å². The van der Waals surface area contributed by atoms with Gasteiger partial charge < -0.3 is 14.6 Å². The summed E-state index contributed by atoms with van der Waals surface area (Å²) in [4.78, 5) is 29.6. The number of nitrogens with zero attached hydrogens (tertiary/aromatic N) is 4. The van der Waals surface area contributed by atoms with Gasteiger partial charge in [-0.1, -0.05) is 19.9 Å². The van der Waals surface area contributed by atoms with E-state index < -0.39 is 0 Å². The SMILES string of the molecule is Cc1ccc(C(=O)N2CCC3(CC2)CC(c2nnc(C(C)C)o2)N(CC(=O)NC2CC2)C3)cc1F. The molecule has 3 fully saturated rings. The van der Waals surface area contributed by atoms with Crippen LogP contribution in [0.15, 0.2) is 22.6 Å². The van der Waals surface area contributed by atoms with Crippen molar-refractivity contribution in [2.75, 3.05) is 26.2 Å². The lowest BCUT2D eigenvalue weighted by atomic mass is 9.76. The Morgan fingerprint density at radius 1 is 1.23 bits per heavy atom. The average molecular weight is 484 g/mol. The molecule has 2 aromatic rings. The van der Waals surface area contributed by atoms with E-state index in [9.17, 15) is 14.0 Å². The van der Waals surface area contributed by atoms with E-state index >= 15 is 0 Å². The van der Waals surface area contributed by atoms with Crippen molar-refractivity contribution < 1.29 is 18.4 Å². The topological polar surface area (TPSA) is 91.6 Å². The number of aryl methyl sites for hydroxylation is 1. The Labute approximate surface area is 205 Å². The van der Waals surface area contributed by atoms with Gasteiger partial charge in [0.15, 0.2) is 0 Å². The van der Waals surface area contributed by atoms with E-state index in [1.54, 1.807) is 19.1 Å². The monoisotopic (exact) mass is 483 g/mol. The van der Waals surface area contributed by atoms with E-state index in [4.69, 9.17) is 4.42 Å². The Kier molecular flexibility index (Phi) is 6.38. The predicted octanol–water partition coefficient (Wildman–Crippen LogP) is 3.59. The molecule has 5 rings (SSSR count). The van der Waals surface area contributed by atoms with Crippen molar-refractivity contribution >= 4 is 11.8 Å². The van der Waals surface area contributed by atoms with Crippen molar-refractivity contribution in [2.24, 2.45) is 5.41 Å². The first kappa shape index (κ1) is 23.9. The summed E-state index contributed by atoms with van der Waals surface area (Å²) in [5.74, 6) is 0.856. The number of aromatic nitrogens is 2. The molecular formula is C26H34FN5O3. The van der Waals surface area contributed by atoms with Gasteiger partial charge in [-0.05, 0) is 62.1 Å². The Morgan fingerprint density at radius 2 is 1.97 bits per heavy atom. The van der Waals surface area contributed by atoms with E-state index in [0.717, 1.165) is 38.6 Å². The van der Waals surface area contributed by atoms with Crippen molar-refractivity contribution in [1.82, 2.24) is 25.3 Å². The predicted molar refractivity (Wildman–Crippen MR) is 127 cm³/mol. The molecule has 1 aliphatic carbocycles. The number of likely N-dealkylation sites (tertiary alicyclic amines) is 2. The molecule has 8 nitrogen and oxygen atoms in total. The van der Waals surface area contributed by atoms with E-state index in [1.807, 2.05) is 18.7 Å². The van der Waals surface area contributed by atoms with Crippen LogP contribution in [0.1, 0.15) is 85.6 Å². The zero-order valence-corrected chi connectivity index (χ0v) is 20.7. The number of hydrogen-bond acceptors (Lipinski definition) is 6. The van der Waals surface area contributed by atoms with Crippen LogP contribution in [0, 0.1) is 18.2 Å². The lowest BCUT2D eigenvalue weighted by molar-refractivity contribution is -0.122. The third kappa shape index (κ3) is 5.10. The number of piperidine rings is 1. The summed E-state index contributed by atoms with van der Waals surface area (Å²) >= 11 is 0. The molecule has 2 amide bonds. The highest BCUT2D eigenvalue weighted by Gasteiger charge is 2.49. The fourth-order valence-corrected chi connectivity index (χ4v) is 5.31. The van der Waals surface area contributed by atoms with Crippen LogP contribution < -0.4 is 5.32 Å². The maximum Gasteiger partial charge on any atom is 0.253 e. The summed E-state index contributed by atoms with van der Waals surface area (Å²) in [6.07, 6.45) is 4.54. The van der Waals surface area contributed by atoms with Crippen molar-refractivity contribution in [1.29, 1.82) is 0 Å². The normalized spacial score (nSPS) is 22.2.